The summed E-state index contributed by atoms with van der Waals surface area (Å²) in [6.07, 6.45) is 15.0. The van der Waals surface area contributed by atoms with Crippen LogP contribution in [0.15, 0.2) is 91.1 Å². The lowest BCUT2D eigenvalue weighted by Crippen LogP contribution is -2.38. The van der Waals surface area contributed by atoms with E-state index < -0.39 is 0 Å². The zero-order valence-corrected chi connectivity index (χ0v) is 18.0. The Bertz CT molecular complexity index is 717. The summed E-state index contributed by atoms with van der Waals surface area (Å²) in [5.74, 6) is 1.06. The van der Waals surface area contributed by atoms with Crippen molar-refractivity contribution in [2.75, 3.05) is 6.54 Å². The van der Waals surface area contributed by atoms with Crippen LogP contribution in [0.2, 0.25) is 0 Å². The van der Waals surface area contributed by atoms with E-state index in [0.717, 1.165) is 25.0 Å². The van der Waals surface area contributed by atoms with Crippen LogP contribution in [0.3, 0.4) is 0 Å². The lowest BCUT2D eigenvalue weighted by Gasteiger charge is -2.30. The Labute approximate surface area is 175 Å². The molecule has 3 heteroatoms. The summed E-state index contributed by atoms with van der Waals surface area (Å²) in [7, 11) is 0. The SMILES string of the molecule is C=C/C=C\C(=C)C(C)[C@H](NCC(C)C(C1=CCCC=C1)c1ccccc1)SN. The van der Waals surface area contributed by atoms with Crippen molar-refractivity contribution in [1.82, 2.24) is 5.32 Å². The van der Waals surface area contributed by atoms with Crippen LogP contribution >= 0.6 is 11.9 Å². The summed E-state index contributed by atoms with van der Waals surface area (Å²) in [4.78, 5) is 0. The Morgan fingerprint density at radius 2 is 2.00 bits per heavy atom. The van der Waals surface area contributed by atoms with E-state index in [-0.39, 0.29) is 11.3 Å². The van der Waals surface area contributed by atoms with Gasteiger partial charge in [0.2, 0.25) is 0 Å². The first-order chi connectivity index (χ1) is 13.6. The van der Waals surface area contributed by atoms with E-state index in [1.807, 2.05) is 12.2 Å². The second-order valence-electron chi connectivity index (χ2n) is 7.47. The second-order valence-corrected chi connectivity index (χ2v) is 8.25. The van der Waals surface area contributed by atoms with Gasteiger partial charge in [-0.05, 0) is 42.0 Å². The zero-order valence-electron chi connectivity index (χ0n) is 17.2. The molecule has 1 aliphatic rings. The van der Waals surface area contributed by atoms with Crippen LogP contribution in [0.5, 0.6) is 0 Å². The van der Waals surface area contributed by atoms with Gasteiger partial charge in [0.05, 0.1) is 5.37 Å². The highest BCUT2D eigenvalue weighted by molar-refractivity contribution is 7.97. The topological polar surface area (TPSA) is 38.0 Å². The monoisotopic (exact) mass is 394 g/mol. The lowest BCUT2D eigenvalue weighted by molar-refractivity contribution is 0.432. The first-order valence-corrected chi connectivity index (χ1v) is 11.0. The second kappa shape index (κ2) is 11.9. The number of hydrogen-bond acceptors (Lipinski definition) is 3. The summed E-state index contributed by atoms with van der Waals surface area (Å²) in [6, 6.07) is 10.8. The quantitative estimate of drug-likeness (QED) is 0.269. The molecule has 0 radical (unpaired) electrons. The molecule has 4 atom stereocenters. The van der Waals surface area contributed by atoms with E-state index >= 15 is 0 Å². The van der Waals surface area contributed by atoms with Gasteiger partial charge < -0.3 is 5.32 Å². The van der Waals surface area contributed by atoms with Gasteiger partial charge in [-0.2, -0.15) is 0 Å². The largest absolute Gasteiger partial charge is 0.303 e. The van der Waals surface area contributed by atoms with Crippen molar-refractivity contribution in [2.24, 2.45) is 17.0 Å². The molecule has 0 amide bonds. The van der Waals surface area contributed by atoms with E-state index in [2.05, 4.69) is 80.9 Å². The molecule has 0 aliphatic heterocycles. The molecule has 2 rings (SSSR count). The van der Waals surface area contributed by atoms with E-state index in [1.54, 1.807) is 6.08 Å². The van der Waals surface area contributed by atoms with Crippen LogP contribution in [0.25, 0.3) is 0 Å². The Hall–Kier alpha value is -1.81. The summed E-state index contributed by atoms with van der Waals surface area (Å²) in [6.45, 7) is 13.3. The summed E-state index contributed by atoms with van der Waals surface area (Å²) in [5.41, 5.74) is 3.86. The Kier molecular flexibility index (Phi) is 9.56. The molecule has 0 heterocycles. The van der Waals surface area contributed by atoms with Gasteiger partial charge in [0.1, 0.15) is 0 Å². The maximum absolute atomic E-state index is 6.00. The fraction of sp³-hybridized carbons (Fsp3) is 0.360. The van der Waals surface area contributed by atoms with E-state index in [0.29, 0.717) is 11.8 Å². The number of nitrogens with one attached hydrogen (secondary N) is 1. The highest BCUT2D eigenvalue weighted by Gasteiger charge is 2.25. The fourth-order valence-corrected chi connectivity index (χ4v) is 4.28. The highest BCUT2D eigenvalue weighted by atomic mass is 32.2. The third-order valence-electron chi connectivity index (χ3n) is 5.38. The van der Waals surface area contributed by atoms with Gasteiger partial charge in [0.15, 0.2) is 0 Å². The molecule has 0 spiro atoms. The van der Waals surface area contributed by atoms with Crippen LogP contribution in [-0.2, 0) is 0 Å². The number of allylic oxidation sites excluding steroid dienone is 7. The third kappa shape index (κ3) is 6.37. The highest BCUT2D eigenvalue weighted by Crippen LogP contribution is 2.35. The van der Waals surface area contributed by atoms with E-state index in [9.17, 15) is 0 Å². The molecule has 1 aromatic rings. The summed E-state index contributed by atoms with van der Waals surface area (Å²) >= 11 is 1.36. The first-order valence-electron chi connectivity index (χ1n) is 10.1. The molecule has 2 nitrogen and oxygen atoms in total. The van der Waals surface area contributed by atoms with Crippen LogP contribution in [-0.4, -0.2) is 11.9 Å². The van der Waals surface area contributed by atoms with Gasteiger partial charge in [-0.1, -0.05) is 106 Å². The van der Waals surface area contributed by atoms with Gasteiger partial charge in [-0.15, -0.1) is 0 Å². The third-order valence-corrected chi connectivity index (χ3v) is 6.25. The molecule has 0 fully saturated rings. The zero-order chi connectivity index (χ0) is 20.4. The standard InChI is InChI=1S/C25H34N2S/c1-5-6-13-19(2)21(4)25(28-26)27-18-20(3)24(22-14-9-7-10-15-22)23-16-11-8-12-17-23/h5-7,9-11,13-17,20-21,24-25,27H,1-2,8,12,18,26H2,3-4H3/b13-6-/t20?,21?,24?,25-/m1/s1. The number of hydrogen-bond donors (Lipinski definition) is 2. The summed E-state index contributed by atoms with van der Waals surface area (Å²) < 4.78 is 0. The molecule has 0 aromatic heterocycles. The number of benzene rings is 1. The first kappa shape index (κ1) is 22.5. The van der Waals surface area contributed by atoms with Gasteiger partial charge in [0, 0.05) is 11.8 Å². The van der Waals surface area contributed by atoms with Crippen molar-refractivity contribution in [3.8, 4) is 0 Å². The minimum absolute atomic E-state index is 0.122. The van der Waals surface area contributed by atoms with Gasteiger partial charge in [0.25, 0.3) is 0 Å². The molecule has 0 bridgehead atoms. The van der Waals surface area contributed by atoms with Gasteiger partial charge >= 0.3 is 0 Å². The van der Waals surface area contributed by atoms with E-state index in [4.69, 9.17) is 5.14 Å². The molecule has 1 aromatic carbocycles. The molecule has 1 aliphatic carbocycles. The van der Waals surface area contributed by atoms with Crippen molar-refractivity contribution < 1.29 is 0 Å². The van der Waals surface area contributed by atoms with Crippen molar-refractivity contribution >= 4 is 11.9 Å². The molecular formula is C25H34N2S. The average Bonchev–Trinajstić information content (AvgIpc) is 2.74. The Morgan fingerprint density at radius 3 is 2.61 bits per heavy atom. The normalized spacial score (nSPS) is 18.3. The maximum atomic E-state index is 6.00. The van der Waals surface area contributed by atoms with Crippen LogP contribution in [0.1, 0.15) is 38.2 Å². The minimum atomic E-state index is 0.122. The van der Waals surface area contributed by atoms with Crippen molar-refractivity contribution in [3.63, 3.8) is 0 Å². The predicted octanol–water partition coefficient (Wildman–Crippen LogP) is 6.14. The molecule has 3 unspecified atom stereocenters. The number of rotatable bonds is 11. The molecular weight excluding hydrogens is 360 g/mol. The van der Waals surface area contributed by atoms with Crippen molar-refractivity contribution in [1.29, 1.82) is 0 Å². The average molecular weight is 395 g/mol. The maximum Gasteiger partial charge on any atom is 0.0743 e. The Balaban J connectivity index is 2.10. The van der Waals surface area contributed by atoms with Crippen LogP contribution in [0, 0.1) is 11.8 Å². The fourth-order valence-electron chi connectivity index (χ4n) is 3.67. The van der Waals surface area contributed by atoms with Gasteiger partial charge in [-0.3, -0.25) is 5.14 Å². The minimum Gasteiger partial charge on any atom is -0.303 e. The van der Waals surface area contributed by atoms with Crippen LogP contribution < -0.4 is 10.5 Å². The Morgan fingerprint density at radius 1 is 1.25 bits per heavy atom. The summed E-state index contributed by atoms with van der Waals surface area (Å²) in [5, 5.41) is 9.81. The molecule has 0 saturated carbocycles. The van der Waals surface area contributed by atoms with Crippen molar-refractivity contribution in [3.05, 3.63) is 96.7 Å². The molecule has 0 saturated heterocycles. The lowest BCUT2D eigenvalue weighted by atomic mass is 9.79. The molecule has 150 valence electrons. The van der Waals surface area contributed by atoms with Gasteiger partial charge in [-0.25, -0.2) is 0 Å². The smallest absolute Gasteiger partial charge is 0.0743 e. The molecule has 28 heavy (non-hydrogen) atoms. The van der Waals surface area contributed by atoms with Crippen molar-refractivity contribution in [2.45, 2.75) is 38.0 Å². The predicted molar refractivity (Wildman–Crippen MR) is 126 cm³/mol. The number of nitrogens with two attached hydrogens (primary N) is 1. The van der Waals surface area contributed by atoms with E-state index in [1.165, 1.54) is 23.1 Å². The molecule has 3 N–H and O–H groups in total. The van der Waals surface area contributed by atoms with Crippen LogP contribution in [0.4, 0.5) is 0 Å².